The van der Waals surface area contributed by atoms with Gasteiger partial charge < -0.3 is 29.4 Å². The fraction of sp³-hybridized carbons (Fsp3) is 0.292. The first-order chi connectivity index (χ1) is 16.0. The molecule has 9 nitrogen and oxygen atoms in total. The normalized spacial score (nSPS) is 12.6. The standard InChI is InChI=1S/C24H26N4O5/c1-31-16-8-9-19(21(13-16)33-3)26-24(30)28-11-10-18-17(14-28)23(29)27-22(25-18)12-15-6-4-5-7-20(15)32-2/h4-9,13H,10-12,14H2,1-3H3,(H,26,30)(H,25,27,29). The number of aromatic amines is 1. The van der Waals surface area contributed by atoms with Crippen molar-refractivity contribution in [3.8, 4) is 17.2 Å². The molecule has 1 aromatic heterocycles. The molecule has 0 saturated carbocycles. The maximum absolute atomic E-state index is 12.9. The molecule has 172 valence electrons. The molecule has 0 atom stereocenters. The predicted molar refractivity (Wildman–Crippen MR) is 123 cm³/mol. The number of urea groups is 1. The van der Waals surface area contributed by atoms with E-state index in [1.165, 1.54) is 7.11 Å². The Kier molecular flexibility index (Phi) is 6.48. The number of ether oxygens (including phenoxy) is 3. The zero-order valence-corrected chi connectivity index (χ0v) is 18.8. The summed E-state index contributed by atoms with van der Waals surface area (Å²) in [5, 5.41) is 2.85. The van der Waals surface area contributed by atoms with Gasteiger partial charge in [-0.15, -0.1) is 0 Å². The molecular weight excluding hydrogens is 424 g/mol. The number of anilines is 1. The number of para-hydroxylation sites is 1. The molecule has 0 saturated heterocycles. The van der Waals surface area contributed by atoms with E-state index in [9.17, 15) is 9.59 Å². The number of hydrogen-bond acceptors (Lipinski definition) is 6. The van der Waals surface area contributed by atoms with Gasteiger partial charge in [0, 0.05) is 31.0 Å². The number of rotatable bonds is 6. The highest BCUT2D eigenvalue weighted by Crippen LogP contribution is 2.29. The number of carbonyl (C=O) groups excluding carboxylic acids is 1. The van der Waals surface area contributed by atoms with Gasteiger partial charge in [-0.2, -0.15) is 0 Å². The van der Waals surface area contributed by atoms with E-state index in [1.54, 1.807) is 37.3 Å². The molecular formula is C24H26N4O5. The summed E-state index contributed by atoms with van der Waals surface area (Å²) in [7, 11) is 4.70. The maximum atomic E-state index is 12.9. The molecule has 0 aliphatic carbocycles. The number of aromatic nitrogens is 2. The minimum absolute atomic E-state index is 0.177. The molecule has 0 fully saturated rings. The molecule has 0 bridgehead atoms. The Bertz CT molecular complexity index is 1220. The SMILES string of the molecule is COc1ccc(NC(=O)N2CCc3nc(Cc4ccccc4OC)[nH]c(=O)c3C2)c(OC)c1. The summed E-state index contributed by atoms with van der Waals surface area (Å²) < 4.78 is 15.9. The summed E-state index contributed by atoms with van der Waals surface area (Å²) in [5.74, 6) is 2.43. The zero-order chi connectivity index (χ0) is 23.4. The number of carbonyl (C=O) groups is 1. The van der Waals surface area contributed by atoms with Crippen LogP contribution in [0, 0.1) is 0 Å². The number of amides is 2. The molecule has 0 spiro atoms. The topological polar surface area (TPSA) is 106 Å². The third kappa shape index (κ3) is 4.77. The van der Waals surface area contributed by atoms with E-state index < -0.39 is 0 Å². The monoisotopic (exact) mass is 450 g/mol. The van der Waals surface area contributed by atoms with Crippen LogP contribution in [0.1, 0.15) is 22.6 Å². The van der Waals surface area contributed by atoms with Crippen molar-refractivity contribution in [2.45, 2.75) is 19.4 Å². The summed E-state index contributed by atoms with van der Waals surface area (Å²) in [6, 6.07) is 12.5. The minimum atomic E-state index is -0.318. The van der Waals surface area contributed by atoms with Crippen molar-refractivity contribution in [2.24, 2.45) is 0 Å². The number of benzene rings is 2. The molecule has 0 unspecified atom stereocenters. The molecule has 1 aliphatic rings. The fourth-order valence-electron chi connectivity index (χ4n) is 3.86. The van der Waals surface area contributed by atoms with Crippen LogP contribution in [-0.4, -0.2) is 48.8 Å². The van der Waals surface area contributed by atoms with E-state index in [2.05, 4.69) is 15.3 Å². The molecule has 4 rings (SSSR count). The Labute approximate surface area is 191 Å². The molecule has 33 heavy (non-hydrogen) atoms. The zero-order valence-electron chi connectivity index (χ0n) is 18.8. The van der Waals surface area contributed by atoms with Gasteiger partial charge in [-0.05, 0) is 18.2 Å². The number of hydrogen-bond donors (Lipinski definition) is 2. The van der Waals surface area contributed by atoms with Gasteiger partial charge in [0.25, 0.3) is 5.56 Å². The van der Waals surface area contributed by atoms with Crippen LogP contribution in [0.2, 0.25) is 0 Å². The third-order valence-electron chi connectivity index (χ3n) is 5.61. The van der Waals surface area contributed by atoms with Gasteiger partial charge in [-0.1, -0.05) is 18.2 Å². The summed E-state index contributed by atoms with van der Waals surface area (Å²) in [4.78, 5) is 34.8. The lowest BCUT2D eigenvalue weighted by molar-refractivity contribution is 0.205. The first-order valence-electron chi connectivity index (χ1n) is 10.5. The third-order valence-corrected chi connectivity index (χ3v) is 5.61. The van der Waals surface area contributed by atoms with Gasteiger partial charge in [0.1, 0.15) is 23.1 Å². The van der Waals surface area contributed by atoms with Crippen LogP contribution in [0.5, 0.6) is 17.2 Å². The van der Waals surface area contributed by atoms with Crippen LogP contribution in [-0.2, 0) is 19.4 Å². The second-order valence-electron chi connectivity index (χ2n) is 7.59. The molecule has 3 aromatic rings. The number of nitrogens with one attached hydrogen (secondary N) is 2. The Hall–Kier alpha value is -4.01. The van der Waals surface area contributed by atoms with E-state index in [0.29, 0.717) is 48.0 Å². The second kappa shape index (κ2) is 9.64. The van der Waals surface area contributed by atoms with E-state index in [-0.39, 0.29) is 18.1 Å². The van der Waals surface area contributed by atoms with Crippen molar-refractivity contribution >= 4 is 11.7 Å². The van der Waals surface area contributed by atoms with Crippen LogP contribution in [0.25, 0.3) is 0 Å². The lowest BCUT2D eigenvalue weighted by Crippen LogP contribution is -2.42. The summed E-state index contributed by atoms with van der Waals surface area (Å²) in [5.41, 5.74) is 2.45. The molecule has 2 heterocycles. The number of nitrogens with zero attached hydrogens (tertiary/aromatic N) is 2. The Morgan fingerprint density at radius 3 is 2.64 bits per heavy atom. The van der Waals surface area contributed by atoms with E-state index in [1.807, 2.05) is 24.3 Å². The molecule has 1 aliphatic heterocycles. The highest BCUT2D eigenvalue weighted by Gasteiger charge is 2.25. The average molecular weight is 450 g/mol. The highest BCUT2D eigenvalue weighted by molar-refractivity contribution is 5.91. The van der Waals surface area contributed by atoms with Crippen molar-refractivity contribution in [2.75, 3.05) is 33.2 Å². The van der Waals surface area contributed by atoms with Crippen molar-refractivity contribution in [1.82, 2.24) is 14.9 Å². The Balaban J connectivity index is 1.50. The molecule has 2 N–H and O–H groups in total. The number of methoxy groups -OCH3 is 3. The molecule has 2 aromatic carbocycles. The van der Waals surface area contributed by atoms with Crippen molar-refractivity contribution in [1.29, 1.82) is 0 Å². The Morgan fingerprint density at radius 1 is 1.09 bits per heavy atom. The van der Waals surface area contributed by atoms with Gasteiger partial charge in [0.15, 0.2) is 0 Å². The van der Waals surface area contributed by atoms with Crippen LogP contribution >= 0.6 is 0 Å². The van der Waals surface area contributed by atoms with Crippen LogP contribution in [0.3, 0.4) is 0 Å². The largest absolute Gasteiger partial charge is 0.497 e. The summed E-state index contributed by atoms with van der Waals surface area (Å²) in [6.45, 7) is 0.624. The van der Waals surface area contributed by atoms with Crippen molar-refractivity contribution < 1.29 is 19.0 Å². The van der Waals surface area contributed by atoms with Crippen LogP contribution in [0.4, 0.5) is 10.5 Å². The smallest absolute Gasteiger partial charge is 0.322 e. The average Bonchev–Trinajstić information content (AvgIpc) is 2.84. The van der Waals surface area contributed by atoms with Gasteiger partial charge in [0.05, 0.1) is 44.8 Å². The predicted octanol–water partition coefficient (Wildman–Crippen LogP) is 2.98. The van der Waals surface area contributed by atoms with Gasteiger partial charge in [-0.3, -0.25) is 4.79 Å². The van der Waals surface area contributed by atoms with Crippen molar-refractivity contribution in [3.05, 3.63) is 75.5 Å². The Morgan fingerprint density at radius 2 is 1.88 bits per heavy atom. The first-order valence-corrected chi connectivity index (χ1v) is 10.5. The maximum Gasteiger partial charge on any atom is 0.322 e. The first kappa shape index (κ1) is 22.2. The fourth-order valence-corrected chi connectivity index (χ4v) is 3.86. The molecule has 0 radical (unpaired) electrons. The summed E-state index contributed by atoms with van der Waals surface area (Å²) >= 11 is 0. The van der Waals surface area contributed by atoms with E-state index >= 15 is 0 Å². The number of fused-ring (bicyclic) bond motifs is 1. The van der Waals surface area contributed by atoms with Crippen LogP contribution < -0.4 is 25.1 Å². The lowest BCUT2D eigenvalue weighted by atomic mass is 10.1. The summed E-state index contributed by atoms with van der Waals surface area (Å²) in [6.07, 6.45) is 0.944. The van der Waals surface area contributed by atoms with Crippen molar-refractivity contribution in [3.63, 3.8) is 0 Å². The minimum Gasteiger partial charge on any atom is -0.497 e. The van der Waals surface area contributed by atoms with E-state index in [0.717, 1.165) is 17.0 Å². The van der Waals surface area contributed by atoms with Gasteiger partial charge in [-0.25, -0.2) is 9.78 Å². The quantitative estimate of drug-likeness (QED) is 0.598. The molecule has 9 heteroatoms. The van der Waals surface area contributed by atoms with Gasteiger partial charge >= 0.3 is 6.03 Å². The highest BCUT2D eigenvalue weighted by atomic mass is 16.5. The second-order valence-corrected chi connectivity index (χ2v) is 7.59. The molecule has 2 amide bonds. The number of H-pyrrole nitrogens is 1. The van der Waals surface area contributed by atoms with Gasteiger partial charge in [0.2, 0.25) is 0 Å². The van der Waals surface area contributed by atoms with E-state index in [4.69, 9.17) is 14.2 Å². The van der Waals surface area contributed by atoms with Crippen LogP contribution in [0.15, 0.2) is 47.3 Å². The lowest BCUT2D eigenvalue weighted by Gasteiger charge is -2.28.